The second kappa shape index (κ2) is 60.6. The standard InChI is InChI=1S/C66H110O5/c1-3-5-7-9-11-13-15-17-19-21-23-24-25-26-27-28-29-30-31-32-33-34-35-36-37-38-39-40-41-42-43-45-47-49-51-53-55-57-59-61-66(69)71-64(62-67)63-70-65(68)60-58-56-54-52-50-48-46-44-22-20-18-16-14-12-10-8-6-4-2/h5,7,11,13,17,19-20,22-24,26-27,29-30,32-33,35-36,38-39,64,67H,3-4,6,8-10,12,14-16,18,21,25,28,31,34,37,40-63H2,1-2H3/b7-5-,13-11-,19-17-,22-20-,24-23-,27-26-,30-29-,33-32-,36-35-,39-38-. The molecule has 404 valence electrons. The predicted octanol–water partition coefficient (Wildman–Crippen LogP) is 20.2. The number of rotatable bonds is 53. The number of unbranched alkanes of at least 4 members (excludes halogenated alkanes) is 25. The number of hydrogen-bond acceptors (Lipinski definition) is 5. The lowest BCUT2D eigenvalue weighted by molar-refractivity contribution is -0.161. The first-order valence-electron chi connectivity index (χ1n) is 29.6. The summed E-state index contributed by atoms with van der Waals surface area (Å²) >= 11 is 0. The van der Waals surface area contributed by atoms with Crippen molar-refractivity contribution >= 4 is 11.9 Å². The Hall–Kier alpha value is -3.70. The van der Waals surface area contributed by atoms with Gasteiger partial charge in [-0.3, -0.25) is 9.59 Å². The number of aliphatic hydroxyl groups excluding tert-OH is 1. The van der Waals surface area contributed by atoms with E-state index in [-0.39, 0.29) is 25.2 Å². The van der Waals surface area contributed by atoms with Gasteiger partial charge in [0, 0.05) is 12.8 Å². The fourth-order valence-electron chi connectivity index (χ4n) is 8.07. The van der Waals surface area contributed by atoms with E-state index < -0.39 is 6.10 Å². The van der Waals surface area contributed by atoms with E-state index in [1.54, 1.807) is 0 Å². The first-order valence-corrected chi connectivity index (χ1v) is 29.6. The van der Waals surface area contributed by atoms with Gasteiger partial charge < -0.3 is 14.6 Å². The lowest BCUT2D eigenvalue weighted by atomic mass is 10.0. The van der Waals surface area contributed by atoms with Gasteiger partial charge in [0.25, 0.3) is 0 Å². The lowest BCUT2D eigenvalue weighted by Gasteiger charge is -2.15. The second-order valence-electron chi connectivity index (χ2n) is 19.3. The van der Waals surface area contributed by atoms with Crippen LogP contribution in [-0.2, 0) is 19.1 Å². The minimum atomic E-state index is -0.782. The van der Waals surface area contributed by atoms with E-state index in [2.05, 4.69) is 135 Å². The minimum Gasteiger partial charge on any atom is -0.462 e. The summed E-state index contributed by atoms with van der Waals surface area (Å²) in [5, 5.41) is 9.65. The highest BCUT2D eigenvalue weighted by atomic mass is 16.6. The summed E-state index contributed by atoms with van der Waals surface area (Å²) in [6.45, 7) is 4.03. The molecular weight excluding hydrogens is 873 g/mol. The molecule has 1 N–H and O–H groups in total. The number of allylic oxidation sites excluding steroid dienone is 20. The zero-order valence-electron chi connectivity index (χ0n) is 46.2. The summed E-state index contributed by atoms with van der Waals surface area (Å²) < 4.78 is 10.7. The van der Waals surface area contributed by atoms with Gasteiger partial charge in [0.05, 0.1) is 6.61 Å². The number of hydrogen-bond donors (Lipinski definition) is 1. The first-order chi connectivity index (χ1) is 35.1. The lowest BCUT2D eigenvalue weighted by Crippen LogP contribution is -2.28. The number of aliphatic hydroxyl groups is 1. The fraction of sp³-hybridized carbons (Fsp3) is 0.667. The van der Waals surface area contributed by atoms with Gasteiger partial charge in [-0.2, -0.15) is 0 Å². The molecular formula is C66H110O5. The summed E-state index contributed by atoms with van der Waals surface area (Å²) in [6.07, 6.45) is 88.9. The molecule has 0 aliphatic rings. The molecule has 0 bridgehead atoms. The summed E-state index contributed by atoms with van der Waals surface area (Å²) in [6, 6.07) is 0. The topological polar surface area (TPSA) is 72.8 Å². The zero-order valence-corrected chi connectivity index (χ0v) is 46.2. The van der Waals surface area contributed by atoms with E-state index in [0.717, 1.165) is 96.3 Å². The van der Waals surface area contributed by atoms with Crippen LogP contribution in [0.5, 0.6) is 0 Å². The molecule has 0 saturated carbocycles. The summed E-state index contributed by atoms with van der Waals surface area (Å²) in [5.41, 5.74) is 0. The van der Waals surface area contributed by atoms with Crippen LogP contribution in [0.2, 0.25) is 0 Å². The molecule has 5 heteroatoms. The highest BCUT2D eigenvalue weighted by molar-refractivity contribution is 5.70. The predicted molar refractivity (Wildman–Crippen MR) is 311 cm³/mol. The fourth-order valence-corrected chi connectivity index (χ4v) is 8.07. The third-order valence-corrected chi connectivity index (χ3v) is 12.5. The van der Waals surface area contributed by atoms with Crippen molar-refractivity contribution in [1.29, 1.82) is 0 Å². The number of carbonyl (C=O) groups is 2. The van der Waals surface area contributed by atoms with Crippen LogP contribution < -0.4 is 0 Å². The van der Waals surface area contributed by atoms with Gasteiger partial charge in [-0.1, -0.05) is 264 Å². The third-order valence-electron chi connectivity index (χ3n) is 12.5. The SMILES string of the molecule is CC/C=C\C/C=C\C/C=C\C/C=C\C/C=C\C/C=C\C/C=C\C/C=C\C/C=C\CCCCCCCCCCCCCC(=O)OC(CO)COC(=O)CCCCCCCCC/C=C\CCCCCCCCC. The van der Waals surface area contributed by atoms with Crippen LogP contribution in [0.3, 0.4) is 0 Å². The molecule has 0 aromatic carbocycles. The molecule has 0 amide bonds. The number of esters is 2. The molecule has 0 fully saturated rings. The van der Waals surface area contributed by atoms with Crippen LogP contribution in [0.15, 0.2) is 122 Å². The molecule has 0 aliphatic carbocycles. The molecule has 0 radical (unpaired) electrons. The van der Waals surface area contributed by atoms with Crippen molar-refractivity contribution < 1.29 is 24.2 Å². The van der Waals surface area contributed by atoms with Crippen LogP contribution in [0.25, 0.3) is 0 Å². The van der Waals surface area contributed by atoms with Crippen LogP contribution in [0.1, 0.15) is 264 Å². The highest BCUT2D eigenvalue weighted by Crippen LogP contribution is 2.15. The Kier molecular flexibility index (Phi) is 57.4. The zero-order chi connectivity index (χ0) is 51.3. The third kappa shape index (κ3) is 58.8. The number of ether oxygens (including phenoxy) is 2. The van der Waals surface area contributed by atoms with Crippen molar-refractivity contribution in [2.45, 2.75) is 270 Å². The Bertz CT molecular complexity index is 1440. The smallest absolute Gasteiger partial charge is 0.306 e. The molecule has 0 saturated heterocycles. The van der Waals surface area contributed by atoms with Crippen molar-refractivity contribution in [2.75, 3.05) is 13.2 Å². The van der Waals surface area contributed by atoms with Gasteiger partial charge in [-0.15, -0.1) is 0 Å². The Morgan fingerprint density at radius 2 is 0.606 bits per heavy atom. The van der Waals surface area contributed by atoms with E-state index >= 15 is 0 Å². The van der Waals surface area contributed by atoms with Crippen LogP contribution >= 0.6 is 0 Å². The van der Waals surface area contributed by atoms with Crippen LogP contribution in [0, 0.1) is 0 Å². The Balaban J connectivity index is 3.56. The van der Waals surface area contributed by atoms with Gasteiger partial charge in [0.1, 0.15) is 6.61 Å². The summed E-state index contributed by atoms with van der Waals surface area (Å²) in [4.78, 5) is 24.5. The van der Waals surface area contributed by atoms with Gasteiger partial charge in [-0.25, -0.2) is 0 Å². The Labute approximate surface area is 439 Å². The van der Waals surface area contributed by atoms with Gasteiger partial charge >= 0.3 is 11.9 Å². The molecule has 5 nitrogen and oxygen atoms in total. The highest BCUT2D eigenvalue weighted by Gasteiger charge is 2.16. The first kappa shape index (κ1) is 67.3. The molecule has 0 aromatic heterocycles. The van der Waals surface area contributed by atoms with Gasteiger partial charge in [-0.05, 0) is 109 Å². The average molecular weight is 984 g/mol. The summed E-state index contributed by atoms with van der Waals surface area (Å²) in [7, 11) is 0. The normalized spacial score (nSPS) is 13.1. The average Bonchev–Trinajstić information content (AvgIpc) is 3.37. The van der Waals surface area contributed by atoms with E-state index in [1.807, 2.05) is 0 Å². The van der Waals surface area contributed by atoms with Crippen LogP contribution in [-0.4, -0.2) is 36.4 Å². The monoisotopic (exact) mass is 983 g/mol. The van der Waals surface area contributed by atoms with E-state index in [1.165, 1.54) is 141 Å². The Morgan fingerprint density at radius 3 is 0.930 bits per heavy atom. The van der Waals surface area contributed by atoms with Gasteiger partial charge in [0.15, 0.2) is 6.10 Å². The number of carbonyl (C=O) groups excluding carboxylic acids is 2. The molecule has 0 rings (SSSR count). The molecule has 0 spiro atoms. The van der Waals surface area contributed by atoms with E-state index in [0.29, 0.717) is 12.8 Å². The van der Waals surface area contributed by atoms with E-state index in [4.69, 9.17) is 9.47 Å². The maximum absolute atomic E-state index is 12.3. The molecule has 1 atom stereocenters. The van der Waals surface area contributed by atoms with Crippen molar-refractivity contribution in [3.8, 4) is 0 Å². The molecule has 0 aromatic rings. The molecule has 0 heterocycles. The molecule has 0 aliphatic heterocycles. The maximum Gasteiger partial charge on any atom is 0.306 e. The van der Waals surface area contributed by atoms with Gasteiger partial charge in [0.2, 0.25) is 0 Å². The molecule has 1 unspecified atom stereocenters. The summed E-state index contributed by atoms with van der Waals surface area (Å²) in [5.74, 6) is -0.599. The maximum atomic E-state index is 12.3. The Morgan fingerprint density at radius 1 is 0.338 bits per heavy atom. The van der Waals surface area contributed by atoms with E-state index in [9.17, 15) is 14.7 Å². The van der Waals surface area contributed by atoms with Crippen molar-refractivity contribution in [1.82, 2.24) is 0 Å². The quantitative estimate of drug-likeness (QED) is 0.0373. The minimum absolute atomic E-state index is 0.0732. The van der Waals surface area contributed by atoms with Crippen molar-refractivity contribution in [2.24, 2.45) is 0 Å². The second-order valence-corrected chi connectivity index (χ2v) is 19.3. The largest absolute Gasteiger partial charge is 0.462 e. The molecule has 71 heavy (non-hydrogen) atoms. The van der Waals surface area contributed by atoms with Crippen molar-refractivity contribution in [3.05, 3.63) is 122 Å². The van der Waals surface area contributed by atoms with Crippen molar-refractivity contribution in [3.63, 3.8) is 0 Å². The van der Waals surface area contributed by atoms with Crippen LogP contribution in [0.4, 0.5) is 0 Å².